The van der Waals surface area contributed by atoms with Crippen molar-refractivity contribution in [2.24, 2.45) is 4.99 Å². The monoisotopic (exact) mass is 455 g/mol. The van der Waals surface area contributed by atoms with E-state index in [0.29, 0.717) is 12.1 Å². The number of aliphatic imine (C=N–C) groups is 1. The van der Waals surface area contributed by atoms with Crippen LogP contribution in [0.25, 0.3) is 0 Å². The molecule has 0 radical (unpaired) electrons. The average Bonchev–Trinajstić information content (AvgIpc) is 2.63. The molecule has 150 valence electrons. The molecule has 5 nitrogen and oxygen atoms in total. The first-order valence-corrected chi connectivity index (χ1v) is 10.2. The molecule has 0 heterocycles. The number of benzene rings is 3. The molecule has 0 bridgehead atoms. The molecule has 0 saturated heterocycles. The SMILES string of the molecule is O=S(=O)(Nc1ccccc1C([O-])=Nc1cc(Cl)cc(Cl)c1)c1ccc(F)c(F)c1. The third-order valence-corrected chi connectivity index (χ3v) is 5.48. The van der Waals surface area contributed by atoms with Crippen LogP contribution >= 0.6 is 23.2 Å². The van der Waals surface area contributed by atoms with Gasteiger partial charge in [-0.25, -0.2) is 17.2 Å². The minimum atomic E-state index is -4.29. The molecule has 0 saturated carbocycles. The number of para-hydroxylation sites is 1. The molecule has 0 aliphatic rings. The van der Waals surface area contributed by atoms with Crippen molar-refractivity contribution < 1.29 is 22.3 Å². The molecular weight excluding hydrogens is 445 g/mol. The Morgan fingerprint density at radius 3 is 2.24 bits per heavy atom. The molecule has 29 heavy (non-hydrogen) atoms. The average molecular weight is 456 g/mol. The zero-order chi connectivity index (χ0) is 21.2. The summed E-state index contributed by atoms with van der Waals surface area (Å²) in [6.45, 7) is 0. The molecule has 0 aliphatic carbocycles. The van der Waals surface area contributed by atoms with Gasteiger partial charge in [-0.3, -0.25) is 9.71 Å². The van der Waals surface area contributed by atoms with E-state index < -0.39 is 32.5 Å². The van der Waals surface area contributed by atoms with Gasteiger partial charge in [0.05, 0.1) is 16.3 Å². The first-order valence-electron chi connectivity index (χ1n) is 7.95. The van der Waals surface area contributed by atoms with Gasteiger partial charge >= 0.3 is 0 Å². The zero-order valence-corrected chi connectivity index (χ0v) is 16.7. The maximum absolute atomic E-state index is 13.4. The van der Waals surface area contributed by atoms with Crippen molar-refractivity contribution in [3.05, 3.63) is 87.9 Å². The molecule has 3 rings (SSSR count). The fraction of sp³-hybridized carbons (Fsp3) is 0. The van der Waals surface area contributed by atoms with Gasteiger partial charge in [-0.1, -0.05) is 41.4 Å². The topological polar surface area (TPSA) is 81.6 Å². The number of anilines is 1. The fourth-order valence-corrected chi connectivity index (χ4v) is 3.99. The summed E-state index contributed by atoms with van der Waals surface area (Å²) in [5.74, 6) is -3.25. The van der Waals surface area contributed by atoms with Crippen molar-refractivity contribution in [3.63, 3.8) is 0 Å². The lowest BCUT2D eigenvalue weighted by molar-refractivity contribution is -0.212. The van der Waals surface area contributed by atoms with Gasteiger partial charge in [0.25, 0.3) is 10.0 Å². The summed E-state index contributed by atoms with van der Waals surface area (Å²) in [5, 5.41) is 13.1. The molecule has 0 amide bonds. The van der Waals surface area contributed by atoms with Crippen LogP contribution in [0.15, 0.2) is 70.6 Å². The van der Waals surface area contributed by atoms with Crippen LogP contribution in [-0.4, -0.2) is 14.3 Å². The predicted molar refractivity (Wildman–Crippen MR) is 106 cm³/mol. The van der Waals surface area contributed by atoms with Gasteiger partial charge in [-0.2, -0.15) is 0 Å². The number of sulfonamides is 1. The van der Waals surface area contributed by atoms with E-state index in [1.165, 1.54) is 42.5 Å². The van der Waals surface area contributed by atoms with Gasteiger partial charge in [0.1, 0.15) is 0 Å². The number of nitrogens with zero attached hydrogens (tertiary/aromatic N) is 1. The zero-order valence-electron chi connectivity index (χ0n) is 14.4. The minimum Gasteiger partial charge on any atom is -0.858 e. The van der Waals surface area contributed by atoms with Crippen molar-refractivity contribution in [1.29, 1.82) is 0 Å². The second-order valence-corrected chi connectivity index (χ2v) is 8.33. The second-order valence-electron chi connectivity index (χ2n) is 5.77. The summed E-state index contributed by atoms with van der Waals surface area (Å²) in [6.07, 6.45) is 0. The van der Waals surface area contributed by atoms with Crippen molar-refractivity contribution in [3.8, 4) is 0 Å². The highest BCUT2D eigenvalue weighted by atomic mass is 35.5. The summed E-state index contributed by atoms with van der Waals surface area (Å²) in [7, 11) is -4.29. The maximum Gasteiger partial charge on any atom is 0.262 e. The van der Waals surface area contributed by atoms with Crippen molar-refractivity contribution in [1.82, 2.24) is 0 Å². The third-order valence-electron chi connectivity index (χ3n) is 3.68. The van der Waals surface area contributed by atoms with E-state index in [4.69, 9.17) is 23.2 Å². The number of nitrogens with one attached hydrogen (secondary N) is 1. The summed E-state index contributed by atoms with van der Waals surface area (Å²) in [6, 6.07) is 12.2. The first kappa shape index (κ1) is 21.0. The van der Waals surface area contributed by atoms with Crippen LogP contribution in [0.4, 0.5) is 20.2 Å². The van der Waals surface area contributed by atoms with Gasteiger partial charge < -0.3 is 5.11 Å². The lowest BCUT2D eigenvalue weighted by Crippen LogP contribution is -2.22. The first-order chi connectivity index (χ1) is 13.7. The molecular formula is C19H11Cl2F2N2O3S-. The fourth-order valence-electron chi connectivity index (χ4n) is 2.39. The Morgan fingerprint density at radius 1 is 0.931 bits per heavy atom. The van der Waals surface area contributed by atoms with E-state index in [9.17, 15) is 22.3 Å². The molecule has 3 aromatic rings. The summed E-state index contributed by atoms with van der Waals surface area (Å²) < 4.78 is 53.7. The number of hydrogen-bond acceptors (Lipinski definition) is 4. The second kappa shape index (κ2) is 8.36. The molecule has 0 fully saturated rings. The van der Waals surface area contributed by atoms with E-state index in [2.05, 4.69) is 9.71 Å². The Kier molecular flexibility index (Phi) is 6.07. The maximum atomic E-state index is 13.4. The lowest BCUT2D eigenvalue weighted by Gasteiger charge is -2.17. The summed E-state index contributed by atoms with van der Waals surface area (Å²) in [4.78, 5) is 3.39. The summed E-state index contributed by atoms with van der Waals surface area (Å²) in [5.41, 5.74) is 0.0413. The Bertz CT molecular complexity index is 1200. The standard InChI is InChI=1S/C19H12Cl2F2N2O3S/c20-11-7-12(21)9-13(8-11)24-19(26)15-3-1-2-4-18(15)25-29(27,28)14-5-6-16(22)17(23)10-14/h1-10,25H,(H,24,26)/p-1. The van der Waals surface area contributed by atoms with Gasteiger partial charge in [-0.05, 0) is 48.4 Å². The highest BCUT2D eigenvalue weighted by molar-refractivity contribution is 7.92. The molecule has 0 aliphatic heterocycles. The van der Waals surface area contributed by atoms with E-state index >= 15 is 0 Å². The van der Waals surface area contributed by atoms with E-state index in [1.54, 1.807) is 0 Å². The quantitative estimate of drug-likeness (QED) is 0.453. The van der Waals surface area contributed by atoms with Crippen molar-refractivity contribution in [2.75, 3.05) is 4.72 Å². The van der Waals surface area contributed by atoms with Gasteiger partial charge in [-0.15, -0.1) is 0 Å². The van der Waals surface area contributed by atoms with Crippen LogP contribution in [0.2, 0.25) is 10.0 Å². The van der Waals surface area contributed by atoms with Crippen LogP contribution in [0, 0.1) is 11.6 Å². The summed E-state index contributed by atoms with van der Waals surface area (Å²) >= 11 is 11.8. The number of hydrogen-bond donors (Lipinski definition) is 1. The van der Waals surface area contributed by atoms with Gasteiger partial charge in [0.2, 0.25) is 0 Å². The molecule has 0 atom stereocenters. The number of rotatable bonds is 5. The molecule has 10 heteroatoms. The number of halogens is 4. The van der Waals surface area contributed by atoms with Crippen LogP contribution in [0.5, 0.6) is 0 Å². The highest BCUT2D eigenvalue weighted by Gasteiger charge is 2.18. The Labute approximate surface area is 175 Å². The van der Waals surface area contributed by atoms with E-state index in [-0.39, 0.29) is 27.0 Å². The van der Waals surface area contributed by atoms with Crippen molar-refractivity contribution in [2.45, 2.75) is 4.90 Å². The molecule has 0 unspecified atom stereocenters. The van der Waals surface area contributed by atoms with Crippen LogP contribution < -0.4 is 9.83 Å². The molecule has 0 spiro atoms. The van der Waals surface area contributed by atoms with Gasteiger partial charge in [0, 0.05) is 15.6 Å². The van der Waals surface area contributed by atoms with Gasteiger partial charge in [0.15, 0.2) is 11.6 Å². The molecule has 0 aromatic heterocycles. The largest absolute Gasteiger partial charge is 0.858 e. The van der Waals surface area contributed by atoms with E-state index in [1.807, 2.05) is 0 Å². The molecule has 1 N–H and O–H groups in total. The lowest BCUT2D eigenvalue weighted by atomic mass is 10.2. The normalized spacial score (nSPS) is 12.1. The van der Waals surface area contributed by atoms with Crippen molar-refractivity contribution >= 4 is 50.5 Å². The predicted octanol–water partition coefficient (Wildman–Crippen LogP) is 4.51. The highest BCUT2D eigenvalue weighted by Crippen LogP contribution is 2.26. The third kappa shape index (κ3) is 5.03. The minimum absolute atomic E-state index is 0.0604. The Morgan fingerprint density at radius 2 is 1.59 bits per heavy atom. The van der Waals surface area contributed by atoms with Crippen LogP contribution in [0.3, 0.4) is 0 Å². The Hall–Kier alpha value is -2.68. The molecule has 3 aromatic carbocycles. The smallest absolute Gasteiger partial charge is 0.262 e. The van der Waals surface area contributed by atoms with E-state index in [0.717, 1.165) is 6.07 Å². The van der Waals surface area contributed by atoms with Crippen LogP contribution in [-0.2, 0) is 10.0 Å². The van der Waals surface area contributed by atoms with Crippen LogP contribution in [0.1, 0.15) is 5.56 Å². The Balaban J connectivity index is 1.98.